The first-order valence-electron chi connectivity index (χ1n) is 5.70. The molecule has 1 aromatic rings. The Morgan fingerprint density at radius 1 is 1.61 bits per heavy atom. The minimum atomic E-state index is -0.781. The van der Waals surface area contributed by atoms with E-state index in [0.29, 0.717) is 10.6 Å². The van der Waals surface area contributed by atoms with Gasteiger partial charge in [0.05, 0.1) is 12.1 Å². The number of benzene rings is 1. The summed E-state index contributed by atoms with van der Waals surface area (Å²) in [5.74, 6) is 1.49. The topological polar surface area (TPSA) is 61.4 Å². The molecule has 2 rings (SSSR count). The van der Waals surface area contributed by atoms with Crippen molar-refractivity contribution in [3.63, 3.8) is 0 Å². The molecule has 2 atom stereocenters. The molecule has 1 amide bonds. The van der Waals surface area contributed by atoms with E-state index in [1.165, 1.54) is 0 Å². The zero-order valence-corrected chi connectivity index (χ0v) is 11.3. The fourth-order valence-corrected chi connectivity index (χ4v) is 2.94. The number of halogens is 1. The largest absolute Gasteiger partial charge is 0.387 e. The summed E-state index contributed by atoms with van der Waals surface area (Å²) in [6.45, 7) is 0.172. The zero-order valence-electron chi connectivity index (χ0n) is 9.73. The standard InChI is InChI=1S/C12H15ClN2O2S/c13-9-4-2-1-3-8(9)11(16)5-14-12(17)10-6-18-7-15-10/h1-4,10-11,15-16H,5-7H2,(H,14,17)/t10-,11-/m1/s1. The molecule has 0 aromatic heterocycles. The van der Waals surface area contributed by atoms with Crippen LogP contribution in [0.5, 0.6) is 0 Å². The summed E-state index contributed by atoms with van der Waals surface area (Å²) >= 11 is 7.66. The Bertz CT molecular complexity index is 424. The number of aliphatic hydroxyl groups excluding tert-OH is 1. The van der Waals surface area contributed by atoms with Gasteiger partial charge in [0.2, 0.25) is 5.91 Å². The van der Waals surface area contributed by atoms with Gasteiger partial charge in [0.25, 0.3) is 0 Å². The van der Waals surface area contributed by atoms with Crippen LogP contribution in [0.25, 0.3) is 0 Å². The van der Waals surface area contributed by atoms with Crippen molar-refractivity contribution in [2.75, 3.05) is 18.2 Å². The van der Waals surface area contributed by atoms with Gasteiger partial charge in [0, 0.05) is 28.8 Å². The van der Waals surface area contributed by atoms with Crippen molar-refractivity contribution in [1.29, 1.82) is 0 Å². The molecule has 0 saturated carbocycles. The summed E-state index contributed by atoms with van der Waals surface area (Å²) in [7, 11) is 0. The lowest BCUT2D eigenvalue weighted by Crippen LogP contribution is -2.43. The fourth-order valence-electron chi connectivity index (χ4n) is 1.74. The minimum Gasteiger partial charge on any atom is -0.387 e. The van der Waals surface area contributed by atoms with Crippen LogP contribution in [0.15, 0.2) is 24.3 Å². The molecule has 6 heteroatoms. The number of carbonyl (C=O) groups excluding carboxylic acids is 1. The van der Waals surface area contributed by atoms with Gasteiger partial charge >= 0.3 is 0 Å². The van der Waals surface area contributed by atoms with Gasteiger partial charge in [0.1, 0.15) is 0 Å². The van der Waals surface area contributed by atoms with Crippen molar-refractivity contribution < 1.29 is 9.90 Å². The lowest BCUT2D eigenvalue weighted by atomic mass is 10.1. The van der Waals surface area contributed by atoms with Crippen LogP contribution in [0.3, 0.4) is 0 Å². The van der Waals surface area contributed by atoms with Crippen LogP contribution in [0, 0.1) is 0 Å². The Labute approximate surface area is 115 Å². The number of aliphatic hydroxyl groups is 1. The van der Waals surface area contributed by atoms with E-state index < -0.39 is 6.10 Å². The van der Waals surface area contributed by atoms with Crippen LogP contribution in [0.1, 0.15) is 11.7 Å². The Hall–Kier alpha value is -0.750. The number of amides is 1. The number of nitrogens with one attached hydrogen (secondary N) is 2. The molecular formula is C12H15ClN2O2S. The molecule has 0 radical (unpaired) electrons. The van der Waals surface area contributed by atoms with Gasteiger partial charge in [-0.25, -0.2) is 0 Å². The van der Waals surface area contributed by atoms with Gasteiger partial charge < -0.3 is 10.4 Å². The maximum absolute atomic E-state index is 11.7. The summed E-state index contributed by atoms with van der Waals surface area (Å²) < 4.78 is 0. The van der Waals surface area contributed by atoms with E-state index in [-0.39, 0.29) is 18.5 Å². The fraction of sp³-hybridized carbons (Fsp3) is 0.417. The van der Waals surface area contributed by atoms with Crippen molar-refractivity contribution in [3.8, 4) is 0 Å². The van der Waals surface area contributed by atoms with Crippen molar-refractivity contribution in [2.45, 2.75) is 12.1 Å². The van der Waals surface area contributed by atoms with Crippen molar-refractivity contribution in [2.24, 2.45) is 0 Å². The maximum Gasteiger partial charge on any atom is 0.238 e. The van der Waals surface area contributed by atoms with Crippen LogP contribution in [-0.4, -0.2) is 35.2 Å². The number of hydrogen-bond donors (Lipinski definition) is 3. The van der Waals surface area contributed by atoms with E-state index in [0.717, 1.165) is 11.6 Å². The van der Waals surface area contributed by atoms with E-state index in [4.69, 9.17) is 11.6 Å². The van der Waals surface area contributed by atoms with E-state index in [1.807, 2.05) is 0 Å². The molecule has 0 bridgehead atoms. The average Bonchev–Trinajstić information content (AvgIpc) is 2.90. The second-order valence-electron chi connectivity index (χ2n) is 4.05. The summed E-state index contributed by atoms with van der Waals surface area (Å²) in [6.07, 6.45) is -0.781. The first-order valence-corrected chi connectivity index (χ1v) is 7.23. The average molecular weight is 287 g/mol. The van der Waals surface area contributed by atoms with Crippen LogP contribution in [-0.2, 0) is 4.79 Å². The van der Waals surface area contributed by atoms with Crippen molar-refractivity contribution in [3.05, 3.63) is 34.9 Å². The molecule has 1 aromatic carbocycles. The van der Waals surface area contributed by atoms with Crippen LogP contribution in [0.4, 0.5) is 0 Å². The first-order chi connectivity index (χ1) is 8.68. The number of carbonyl (C=O) groups is 1. The lowest BCUT2D eigenvalue weighted by Gasteiger charge is -2.15. The Kier molecular flexibility index (Phi) is 4.88. The number of thioether (sulfide) groups is 1. The monoisotopic (exact) mass is 286 g/mol. The normalized spacial score (nSPS) is 20.7. The molecule has 0 spiro atoms. The summed E-state index contributed by atoms with van der Waals surface area (Å²) in [4.78, 5) is 11.7. The Balaban J connectivity index is 1.86. The molecular weight excluding hydrogens is 272 g/mol. The molecule has 4 nitrogen and oxygen atoms in total. The van der Waals surface area contributed by atoms with Gasteiger partial charge in [-0.15, -0.1) is 11.8 Å². The van der Waals surface area contributed by atoms with Gasteiger partial charge in [-0.05, 0) is 6.07 Å². The summed E-state index contributed by atoms with van der Waals surface area (Å²) in [6, 6.07) is 6.92. The van der Waals surface area contributed by atoms with Crippen molar-refractivity contribution in [1.82, 2.24) is 10.6 Å². The molecule has 98 valence electrons. The number of hydrogen-bond acceptors (Lipinski definition) is 4. The zero-order chi connectivity index (χ0) is 13.0. The Morgan fingerprint density at radius 3 is 3.06 bits per heavy atom. The molecule has 1 heterocycles. The quantitative estimate of drug-likeness (QED) is 0.777. The summed E-state index contributed by atoms with van der Waals surface area (Å²) in [5, 5.41) is 16.3. The van der Waals surface area contributed by atoms with Gasteiger partial charge in [-0.2, -0.15) is 0 Å². The van der Waals surface area contributed by atoms with Gasteiger partial charge in [0.15, 0.2) is 0 Å². The Morgan fingerprint density at radius 2 is 2.39 bits per heavy atom. The predicted molar refractivity (Wildman–Crippen MR) is 73.7 cm³/mol. The SMILES string of the molecule is O=C(NC[C@@H](O)c1ccccc1Cl)[C@H]1CSCN1. The third-order valence-corrected chi connectivity index (χ3v) is 4.05. The highest BCUT2D eigenvalue weighted by molar-refractivity contribution is 7.99. The molecule has 18 heavy (non-hydrogen) atoms. The van der Waals surface area contributed by atoms with E-state index in [1.54, 1.807) is 36.0 Å². The van der Waals surface area contributed by atoms with Crippen LogP contribution in [0.2, 0.25) is 5.02 Å². The predicted octanol–water partition coefficient (Wildman–Crippen LogP) is 1.15. The number of rotatable bonds is 4. The van der Waals surface area contributed by atoms with Crippen LogP contribution < -0.4 is 10.6 Å². The highest BCUT2D eigenvalue weighted by Gasteiger charge is 2.23. The molecule has 1 saturated heterocycles. The van der Waals surface area contributed by atoms with Gasteiger partial charge in [-0.1, -0.05) is 29.8 Å². The third kappa shape index (κ3) is 3.38. The maximum atomic E-state index is 11.7. The summed E-state index contributed by atoms with van der Waals surface area (Å²) in [5.41, 5.74) is 0.633. The smallest absolute Gasteiger partial charge is 0.238 e. The van der Waals surface area contributed by atoms with E-state index >= 15 is 0 Å². The highest BCUT2D eigenvalue weighted by atomic mass is 35.5. The van der Waals surface area contributed by atoms with Crippen molar-refractivity contribution >= 4 is 29.3 Å². The van der Waals surface area contributed by atoms with E-state index in [2.05, 4.69) is 10.6 Å². The molecule has 3 N–H and O–H groups in total. The first kappa shape index (κ1) is 13.7. The minimum absolute atomic E-state index is 0.0777. The molecule has 1 aliphatic heterocycles. The molecule has 1 fully saturated rings. The van der Waals surface area contributed by atoms with E-state index in [9.17, 15) is 9.90 Å². The highest BCUT2D eigenvalue weighted by Crippen LogP contribution is 2.21. The van der Waals surface area contributed by atoms with Gasteiger partial charge in [-0.3, -0.25) is 10.1 Å². The lowest BCUT2D eigenvalue weighted by molar-refractivity contribution is -0.122. The molecule has 1 aliphatic rings. The second-order valence-corrected chi connectivity index (χ2v) is 5.49. The molecule has 0 unspecified atom stereocenters. The van der Waals surface area contributed by atoms with Crippen LogP contribution >= 0.6 is 23.4 Å². The second kappa shape index (κ2) is 6.43. The molecule has 0 aliphatic carbocycles. The third-order valence-electron chi connectivity index (χ3n) is 2.77.